The molecule has 0 aliphatic heterocycles. The van der Waals surface area contributed by atoms with Gasteiger partial charge in [0.2, 0.25) is 0 Å². The van der Waals surface area contributed by atoms with Gasteiger partial charge in [-0.1, -0.05) is 71.6 Å². The highest BCUT2D eigenvalue weighted by Crippen LogP contribution is 2.11. The van der Waals surface area contributed by atoms with Crippen molar-refractivity contribution in [3.05, 3.63) is 0 Å². The molecule has 0 aromatic heterocycles. The Kier molecular flexibility index (Phi) is 12.9. The molecule has 1 atom stereocenters. The van der Waals surface area contributed by atoms with Crippen molar-refractivity contribution in [2.75, 3.05) is 13.2 Å². The molecule has 2 nitrogen and oxygen atoms in total. The van der Waals surface area contributed by atoms with Crippen molar-refractivity contribution >= 4 is 0 Å². The molecule has 2 N–H and O–H groups in total. The van der Waals surface area contributed by atoms with Crippen molar-refractivity contribution in [2.45, 2.75) is 96.9 Å². The number of hydrogen-bond acceptors (Lipinski definition) is 2. The van der Waals surface area contributed by atoms with Gasteiger partial charge in [-0.05, 0) is 19.8 Å². The molecule has 0 aliphatic carbocycles. The van der Waals surface area contributed by atoms with Gasteiger partial charge in [0.1, 0.15) is 0 Å². The van der Waals surface area contributed by atoms with Crippen molar-refractivity contribution in [3.63, 3.8) is 0 Å². The average Bonchev–Trinajstić information content (AvgIpc) is 2.40. The maximum Gasteiger partial charge on any atom is 0.0643 e. The van der Waals surface area contributed by atoms with Crippen LogP contribution < -0.4 is 5.73 Å². The molecular weight excluding hydrogens is 234 g/mol. The fourth-order valence-corrected chi connectivity index (χ4v) is 2.10. The summed E-state index contributed by atoms with van der Waals surface area (Å²) in [5, 5.41) is 0. The van der Waals surface area contributed by atoms with E-state index in [1.165, 1.54) is 64.2 Å². The van der Waals surface area contributed by atoms with Gasteiger partial charge in [-0.25, -0.2) is 0 Å². The summed E-state index contributed by atoms with van der Waals surface area (Å²) in [5.41, 5.74) is 5.88. The first-order valence-corrected chi connectivity index (χ1v) is 8.49. The lowest BCUT2D eigenvalue weighted by Gasteiger charge is -2.22. The van der Waals surface area contributed by atoms with E-state index < -0.39 is 0 Å². The van der Waals surface area contributed by atoms with Crippen LogP contribution in [0.4, 0.5) is 0 Å². The molecule has 0 saturated carbocycles. The van der Waals surface area contributed by atoms with E-state index in [1.54, 1.807) is 0 Å². The van der Waals surface area contributed by atoms with E-state index in [-0.39, 0.29) is 5.54 Å². The van der Waals surface area contributed by atoms with E-state index in [0.717, 1.165) is 13.0 Å². The van der Waals surface area contributed by atoms with Gasteiger partial charge >= 0.3 is 0 Å². The Labute approximate surface area is 121 Å². The topological polar surface area (TPSA) is 35.2 Å². The van der Waals surface area contributed by atoms with Crippen LogP contribution in [0.15, 0.2) is 0 Å². The zero-order chi connectivity index (χ0) is 14.4. The van der Waals surface area contributed by atoms with E-state index in [0.29, 0.717) is 6.61 Å². The van der Waals surface area contributed by atoms with Crippen molar-refractivity contribution in [1.29, 1.82) is 0 Å². The lowest BCUT2D eigenvalue weighted by molar-refractivity contribution is 0.0865. The maximum atomic E-state index is 6.02. The van der Waals surface area contributed by atoms with Crippen LogP contribution in [-0.2, 0) is 4.74 Å². The molecule has 0 rings (SSSR count). The fraction of sp³-hybridized carbons (Fsp3) is 1.00. The molecule has 1 unspecified atom stereocenters. The SMILES string of the molecule is CCCCCCCCCCCCOCC(C)(N)CC. The molecule has 2 heteroatoms. The van der Waals surface area contributed by atoms with Crippen LogP contribution in [0.25, 0.3) is 0 Å². The van der Waals surface area contributed by atoms with Crippen molar-refractivity contribution in [2.24, 2.45) is 5.73 Å². The molecule has 0 amide bonds. The molecule has 0 aliphatic rings. The largest absolute Gasteiger partial charge is 0.380 e. The lowest BCUT2D eigenvalue weighted by Crippen LogP contribution is -2.40. The molecule has 19 heavy (non-hydrogen) atoms. The van der Waals surface area contributed by atoms with E-state index in [4.69, 9.17) is 10.5 Å². The van der Waals surface area contributed by atoms with Crippen LogP contribution in [0.2, 0.25) is 0 Å². The zero-order valence-corrected chi connectivity index (χ0v) is 13.7. The molecule has 0 radical (unpaired) electrons. The monoisotopic (exact) mass is 271 g/mol. The lowest BCUT2D eigenvalue weighted by atomic mass is 10.0. The fourth-order valence-electron chi connectivity index (χ4n) is 2.10. The average molecular weight is 271 g/mol. The number of nitrogens with two attached hydrogens (primary N) is 1. The second kappa shape index (κ2) is 12.9. The Morgan fingerprint density at radius 2 is 1.26 bits per heavy atom. The van der Waals surface area contributed by atoms with Crippen LogP contribution in [0.3, 0.4) is 0 Å². The molecule has 116 valence electrons. The summed E-state index contributed by atoms with van der Waals surface area (Å²) in [6.07, 6.45) is 14.7. The molecule has 0 aromatic rings. The summed E-state index contributed by atoms with van der Waals surface area (Å²) in [6.45, 7) is 8.02. The van der Waals surface area contributed by atoms with Crippen LogP contribution >= 0.6 is 0 Å². The minimum atomic E-state index is -0.140. The molecule has 0 saturated heterocycles. The third kappa shape index (κ3) is 14.1. The van der Waals surface area contributed by atoms with Crippen molar-refractivity contribution < 1.29 is 4.74 Å². The second-order valence-corrected chi connectivity index (χ2v) is 6.24. The Morgan fingerprint density at radius 3 is 1.74 bits per heavy atom. The van der Waals surface area contributed by atoms with Crippen LogP contribution in [0.1, 0.15) is 91.4 Å². The van der Waals surface area contributed by atoms with Gasteiger partial charge in [-0.15, -0.1) is 0 Å². The summed E-state index contributed by atoms with van der Waals surface area (Å²) in [4.78, 5) is 0. The zero-order valence-electron chi connectivity index (χ0n) is 13.7. The predicted molar refractivity (Wildman–Crippen MR) is 85.5 cm³/mol. The molecule has 0 bridgehead atoms. The molecule has 0 heterocycles. The minimum absolute atomic E-state index is 0.140. The van der Waals surface area contributed by atoms with Gasteiger partial charge in [0.05, 0.1) is 6.61 Å². The van der Waals surface area contributed by atoms with Gasteiger partial charge < -0.3 is 10.5 Å². The van der Waals surface area contributed by atoms with E-state index in [2.05, 4.69) is 20.8 Å². The van der Waals surface area contributed by atoms with Gasteiger partial charge in [-0.3, -0.25) is 0 Å². The van der Waals surface area contributed by atoms with Crippen LogP contribution in [0.5, 0.6) is 0 Å². The highest BCUT2D eigenvalue weighted by molar-refractivity contribution is 4.75. The minimum Gasteiger partial charge on any atom is -0.380 e. The highest BCUT2D eigenvalue weighted by atomic mass is 16.5. The summed E-state index contributed by atoms with van der Waals surface area (Å²) in [7, 11) is 0. The van der Waals surface area contributed by atoms with Gasteiger partial charge in [0.25, 0.3) is 0 Å². The van der Waals surface area contributed by atoms with Crippen LogP contribution in [-0.4, -0.2) is 18.8 Å². The molecule has 0 aromatic carbocycles. The Hall–Kier alpha value is -0.0800. The number of hydrogen-bond donors (Lipinski definition) is 1. The third-order valence-electron chi connectivity index (χ3n) is 3.88. The number of rotatable bonds is 14. The van der Waals surface area contributed by atoms with E-state index in [1.807, 2.05) is 0 Å². The number of unbranched alkanes of at least 4 members (excludes halogenated alkanes) is 9. The smallest absolute Gasteiger partial charge is 0.0643 e. The van der Waals surface area contributed by atoms with Crippen molar-refractivity contribution in [1.82, 2.24) is 0 Å². The summed E-state index contributed by atoms with van der Waals surface area (Å²) in [6, 6.07) is 0. The van der Waals surface area contributed by atoms with Crippen molar-refractivity contribution in [3.8, 4) is 0 Å². The standard InChI is InChI=1S/C17H37NO/c1-4-6-7-8-9-10-11-12-13-14-15-19-16-17(3,18)5-2/h4-16,18H2,1-3H3. The second-order valence-electron chi connectivity index (χ2n) is 6.24. The molecule has 0 fully saturated rings. The van der Waals surface area contributed by atoms with E-state index in [9.17, 15) is 0 Å². The molecular formula is C17H37NO. The summed E-state index contributed by atoms with van der Waals surface area (Å²) in [5.74, 6) is 0. The van der Waals surface area contributed by atoms with Gasteiger partial charge in [0, 0.05) is 12.1 Å². The number of ether oxygens (including phenoxy) is 1. The summed E-state index contributed by atoms with van der Waals surface area (Å²) >= 11 is 0. The molecule has 0 spiro atoms. The quantitative estimate of drug-likeness (QED) is 0.449. The first-order chi connectivity index (χ1) is 9.12. The predicted octanol–water partition coefficient (Wildman–Crippen LogP) is 5.05. The highest BCUT2D eigenvalue weighted by Gasteiger charge is 2.14. The van der Waals surface area contributed by atoms with E-state index >= 15 is 0 Å². The van der Waals surface area contributed by atoms with Gasteiger partial charge in [0.15, 0.2) is 0 Å². The summed E-state index contributed by atoms with van der Waals surface area (Å²) < 4.78 is 5.64. The first kappa shape index (κ1) is 18.9. The van der Waals surface area contributed by atoms with Gasteiger partial charge in [-0.2, -0.15) is 0 Å². The van der Waals surface area contributed by atoms with Crippen LogP contribution in [0, 0.1) is 0 Å². The maximum absolute atomic E-state index is 6.02. The first-order valence-electron chi connectivity index (χ1n) is 8.49. The third-order valence-corrected chi connectivity index (χ3v) is 3.88. The Balaban J connectivity index is 3.07. The Morgan fingerprint density at radius 1 is 0.789 bits per heavy atom. The Bertz CT molecular complexity index is 180. The normalized spacial score (nSPS) is 14.5.